The number of hydrogen-bond acceptors (Lipinski definition) is 3. The molecule has 0 N–H and O–H groups in total. The zero-order valence-electron chi connectivity index (χ0n) is 10.9. The normalized spacial score (nSPS) is 37.7. The van der Waals surface area contributed by atoms with Crippen LogP contribution in [0.25, 0.3) is 0 Å². The van der Waals surface area contributed by atoms with Crippen molar-refractivity contribution in [3.63, 3.8) is 0 Å². The quantitative estimate of drug-likeness (QED) is 0.702. The highest BCUT2D eigenvalue weighted by Crippen LogP contribution is 2.37. The standard InChI is InChI=1S/C15H20N2O/c1-11-15-13(5-9-18-15)4-8-17(11)14-10-16-6-2-12(14)3-7-16/h4-5,8,12,14H,2-3,6-7,9-10H2,1H3/t14-/m0/s1. The lowest BCUT2D eigenvalue weighted by molar-refractivity contribution is 0.0351. The van der Waals surface area contributed by atoms with Gasteiger partial charge in [0.25, 0.3) is 0 Å². The average molecular weight is 244 g/mol. The third-order valence-corrected chi connectivity index (χ3v) is 4.90. The Kier molecular flexibility index (Phi) is 2.31. The number of nitrogens with zero attached hydrogens (tertiary/aromatic N) is 2. The molecule has 0 aromatic heterocycles. The number of piperidine rings is 3. The number of allylic oxidation sites excluding steroid dienone is 2. The van der Waals surface area contributed by atoms with Crippen molar-refractivity contribution in [2.24, 2.45) is 5.92 Å². The molecule has 3 heteroatoms. The molecule has 0 amide bonds. The van der Waals surface area contributed by atoms with Crippen LogP contribution in [0.15, 0.2) is 35.4 Å². The lowest BCUT2D eigenvalue weighted by atomic mass is 9.82. The summed E-state index contributed by atoms with van der Waals surface area (Å²) in [6.07, 6.45) is 9.38. The molecule has 0 aromatic rings. The first-order valence-corrected chi connectivity index (χ1v) is 7.06. The highest BCUT2D eigenvalue weighted by Gasteiger charge is 2.38. The lowest BCUT2D eigenvalue weighted by Gasteiger charge is -2.49. The van der Waals surface area contributed by atoms with E-state index in [-0.39, 0.29) is 0 Å². The zero-order chi connectivity index (χ0) is 12.1. The molecule has 0 saturated carbocycles. The fourth-order valence-electron chi connectivity index (χ4n) is 3.85. The molecule has 2 bridgehead atoms. The van der Waals surface area contributed by atoms with Crippen molar-refractivity contribution < 1.29 is 4.74 Å². The van der Waals surface area contributed by atoms with Gasteiger partial charge in [0.15, 0.2) is 0 Å². The van der Waals surface area contributed by atoms with Gasteiger partial charge in [-0.2, -0.15) is 0 Å². The molecule has 5 aliphatic rings. The summed E-state index contributed by atoms with van der Waals surface area (Å²) in [4.78, 5) is 5.07. The summed E-state index contributed by atoms with van der Waals surface area (Å²) < 4.78 is 5.75. The molecule has 3 nitrogen and oxygen atoms in total. The van der Waals surface area contributed by atoms with E-state index >= 15 is 0 Å². The number of ether oxygens (including phenoxy) is 1. The molecule has 0 aromatic carbocycles. The second-order valence-electron chi connectivity index (χ2n) is 5.81. The molecule has 5 aliphatic heterocycles. The van der Waals surface area contributed by atoms with E-state index in [4.69, 9.17) is 4.74 Å². The average Bonchev–Trinajstić information content (AvgIpc) is 2.90. The molecular weight excluding hydrogens is 224 g/mol. The molecule has 0 radical (unpaired) electrons. The smallest absolute Gasteiger partial charge is 0.145 e. The van der Waals surface area contributed by atoms with Gasteiger partial charge in [-0.15, -0.1) is 0 Å². The molecule has 1 atom stereocenters. The number of hydrogen-bond donors (Lipinski definition) is 0. The van der Waals surface area contributed by atoms with Gasteiger partial charge in [-0.1, -0.05) is 0 Å². The highest BCUT2D eigenvalue weighted by atomic mass is 16.5. The third-order valence-electron chi connectivity index (χ3n) is 4.90. The molecule has 5 heterocycles. The maximum Gasteiger partial charge on any atom is 0.145 e. The van der Waals surface area contributed by atoms with Crippen LogP contribution in [-0.2, 0) is 4.74 Å². The first-order chi connectivity index (χ1) is 8.83. The molecule has 5 rings (SSSR count). The summed E-state index contributed by atoms with van der Waals surface area (Å²) >= 11 is 0. The summed E-state index contributed by atoms with van der Waals surface area (Å²) in [5.74, 6) is 1.97. The van der Waals surface area contributed by atoms with E-state index in [9.17, 15) is 0 Å². The maximum atomic E-state index is 5.75. The molecule has 18 heavy (non-hydrogen) atoms. The van der Waals surface area contributed by atoms with Crippen LogP contribution < -0.4 is 0 Å². The zero-order valence-corrected chi connectivity index (χ0v) is 10.9. The van der Waals surface area contributed by atoms with Crippen molar-refractivity contribution >= 4 is 0 Å². The summed E-state index contributed by atoms with van der Waals surface area (Å²) in [5, 5.41) is 0. The molecule has 0 aliphatic carbocycles. The maximum absolute atomic E-state index is 5.75. The Balaban J connectivity index is 1.64. The third kappa shape index (κ3) is 1.46. The van der Waals surface area contributed by atoms with E-state index in [1.54, 1.807) is 0 Å². The Hall–Kier alpha value is -1.22. The van der Waals surface area contributed by atoms with Crippen LogP contribution in [0.5, 0.6) is 0 Å². The van der Waals surface area contributed by atoms with E-state index in [2.05, 4.69) is 35.1 Å². The Bertz CT molecular complexity index is 455. The minimum Gasteiger partial charge on any atom is -0.487 e. The van der Waals surface area contributed by atoms with E-state index < -0.39 is 0 Å². The van der Waals surface area contributed by atoms with Crippen LogP contribution in [0.2, 0.25) is 0 Å². The van der Waals surface area contributed by atoms with Crippen LogP contribution in [0.3, 0.4) is 0 Å². The molecule has 0 spiro atoms. The lowest BCUT2D eigenvalue weighted by Crippen LogP contribution is -2.56. The fraction of sp³-hybridized carbons (Fsp3) is 0.600. The minimum atomic E-state index is 0.655. The van der Waals surface area contributed by atoms with Crippen LogP contribution >= 0.6 is 0 Å². The topological polar surface area (TPSA) is 15.7 Å². The summed E-state index contributed by atoms with van der Waals surface area (Å²) in [6, 6.07) is 0.655. The second-order valence-corrected chi connectivity index (χ2v) is 5.81. The SMILES string of the molecule is CC1=C2OCC=C2C=CN1[C@H]1CN2CCC1CC2. The van der Waals surface area contributed by atoms with Crippen LogP contribution in [0.1, 0.15) is 19.8 Å². The Morgan fingerprint density at radius 2 is 2.11 bits per heavy atom. The first kappa shape index (κ1) is 10.7. The fourth-order valence-corrected chi connectivity index (χ4v) is 3.85. The predicted octanol–water partition coefficient (Wildman–Crippen LogP) is 2.10. The monoisotopic (exact) mass is 244 g/mol. The van der Waals surface area contributed by atoms with Gasteiger partial charge in [0.2, 0.25) is 0 Å². The second kappa shape index (κ2) is 3.89. The van der Waals surface area contributed by atoms with Gasteiger partial charge in [-0.05, 0) is 50.9 Å². The van der Waals surface area contributed by atoms with E-state index in [1.165, 1.54) is 43.7 Å². The van der Waals surface area contributed by atoms with E-state index in [0.717, 1.165) is 18.3 Å². The Labute approximate surface area is 108 Å². The van der Waals surface area contributed by atoms with Gasteiger partial charge >= 0.3 is 0 Å². The largest absolute Gasteiger partial charge is 0.487 e. The van der Waals surface area contributed by atoms with Crippen molar-refractivity contribution in [2.45, 2.75) is 25.8 Å². The van der Waals surface area contributed by atoms with E-state index in [0.29, 0.717) is 6.04 Å². The number of rotatable bonds is 1. The van der Waals surface area contributed by atoms with Gasteiger partial charge in [0.1, 0.15) is 12.4 Å². The highest BCUT2D eigenvalue weighted by molar-refractivity contribution is 5.45. The first-order valence-electron chi connectivity index (χ1n) is 7.06. The van der Waals surface area contributed by atoms with Crippen molar-refractivity contribution in [2.75, 3.05) is 26.2 Å². The molecular formula is C15H20N2O. The van der Waals surface area contributed by atoms with Crippen molar-refractivity contribution in [3.8, 4) is 0 Å². The minimum absolute atomic E-state index is 0.655. The molecule has 3 saturated heterocycles. The molecule has 3 fully saturated rings. The van der Waals surface area contributed by atoms with Crippen molar-refractivity contribution in [1.29, 1.82) is 0 Å². The number of fused-ring (bicyclic) bond motifs is 4. The van der Waals surface area contributed by atoms with Crippen LogP contribution in [-0.4, -0.2) is 42.1 Å². The van der Waals surface area contributed by atoms with Crippen molar-refractivity contribution in [1.82, 2.24) is 9.80 Å². The van der Waals surface area contributed by atoms with Crippen LogP contribution in [0, 0.1) is 5.92 Å². The predicted molar refractivity (Wildman–Crippen MR) is 70.7 cm³/mol. The van der Waals surface area contributed by atoms with Gasteiger partial charge in [-0.3, -0.25) is 0 Å². The molecule has 96 valence electrons. The van der Waals surface area contributed by atoms with Gasteiger partial charge in [0.05, 0.1) is 5.70 Å². The Morgan fingerprint density at radius 3 is 2.83 bits per heavy atom. The van der Waals surface area contributed by atoms with Gasteiger partial charge in [0, 0.05) is 24.4 Å². The van der Waals surface area contributed by atoms with E-state index in [1.807, 2.05) is 0 Å². The van der Waals surface area contributed by atoms with Crippen LogP contribution in [0.4, 0.5) is 0 Å². The van der Waals surface area contributed by atoms with Gasteiger partial charge < -0.3 is 14.5 Å². The summed E-state index contributed by atoms with van der Waals surface area (Å²) in [6.45, 7) is 6.76. The Morgan fingerprint density at radius 1 is 1.28 bits per heavy atom. The molecule has 0 unspecified atom stereocenters. The van der Waals surface area contributed by atoms with Crippen molar-refractivity contribution in [3.05, 3.63) is 35.4 Å². The summed E-state index contributed by atoms with van der Waals surface area (Å²) in [7, 11) is 0. The van der Waals surface area contributed by atoms with Gasteiger partial charge in [-0.25, -0.2) is 0 Å². The summed E-state index contributed by atoms with van der Waals surface area (Å²) in [5.41, 5.74) is 2.57.